The number of amides is 1. The lowest BCUT2D eigenvalue weighted by Crippen LogP contribution is -2.50. The number of carbonyl (C=O) groups is 1. The predicted molar refractivity (Wildman–Crippen MR) is 56.7 cm³/mol. The number of nitrogens with zero attached hydrogens (tertiary/aromatic N) is 1. The van der Waals surface area contributed by atoms with Gasteiger partial charge in [0.2, 0.25) is 5.91 Å². The summed E-state index contributed by atoms with van der Waals surface area (Å²) in [6.45, 7) is 5.72. The maximum Gasteiger partial charge on any atom is 0.236 e. The van der Waals surface area contributed by atoms with Crippen molar-refractivity contribution in [3.8, 4) is 0 Å². The van der Waals surface area contributed by atoms with Crippen LogP contribution in [0.4, 0.5) is 0 Å². The molecule has 0 radical (unpaired) electrons. The van der Waals surface area contributed by atoms with E-state index < -0.39 is 0 Å². The van der Waals surface area contributed by atoms with Gasteiger partial charge in [-0.1, -0.05) is 0 Å². The molecule has 0 saturated carbocycles. The third-order valence-electron chi connectivity index (χ3n) is 2.45. The number of hydrogen-bond donors (Lipinski definition) is 1. The fraction of sp³-hybridized carbons (Fsp3) is 0.900. The summed E-state index contributed by atoms with van der Waals surface area (Å²) in [6.07, 6.45) is 0. The summed E-state index contributed by atoms with van der Waals surface area (Å²) in [6, 6.07) is 0.190. The van der Waals surface area contributed by atoms with Crippen LogP contribution in [-0.4, -0.2) is 63.4 Å². The van der Waals surface area contributed by atoms with Crippen molar-refractivity contribution in [3.63, 3.8) is 0 Å². The highest BCUT2D eigenvalue weighted by molar-refractivity contribution is 5.78. The quantitative estimate of drug-likeness (QED) is 0.628. The van der Waals surface area contributed by atoms with E-state index in [9.17, 15) is 4.79 Å². The number of methoxy groups -OCH3 is 1. The van der Waals surface area contributed by atoms with Gasteiger partial charge in [-0.2, -0.15) is 0 Å². The lowest BCUT2D eigenvalue weighted by molar-refractivity contribution is -0.138. The van der Waals surface area contributed by atoms with Gasteiger partial charge in [0.1, 0.15) is 0 Å². The molecule has 0 spiro atoms. The predicted octanol–water partition coefficient (Wildman–Crippen LogP) is -0.530. The lowest BCUT2D eigenvalue weighted by Gasteiger charge is -2.33. The van der Waals surface area contributed by atoms with Crippen LogP contribution in [0, 0.1) is 0 Å². The Kier molecular flexibility index (Phi) is 5.60. The first-order chi connectivity index (χ1) is 7.25. The third-order valence-corrected chi connectivity index (χ3v) is 2.45. The SMILES string of the molecule is COCCNCC(=O)N1CCOCC1C. The van der Waals surface area contributed by atoms with Gasteiger partial charge in [-0.15, -0.1) is 0 Å². The number of nitrogens with one attached hydrogen (secondary N) is 1. The molecule has 5 nitrogen and oxygen atoms in total. The van der Waals surface area contributed by atoms with Crippen molar-refractivity contribution in [2.75, 3.05) is 46.6 Å². The minimum Gasteiger partial charge on any atom is -0.383 e. The minimum atomic E-state index is 0.141. The van der Waals surface area contributed by atoms with Crippen molar-refractivity contribution >= 4 is 5.91 Å². The summed E-state index contributed by atoms with van der Waals surface area (Å²) in [5.41, 5.74) is 0. The van der Waals surface area contributed by atoms with Crippen LogP contribution in [0.25, 0.3) is 0 Å². The van der Waals surface area contributed by atoms with Crippen LogP contribution >= 0.6 is 0 Å². The van der Waals surface area contributed by atoms with Crippen molar-refractivity contribution in [1.82, 2.24) is 10.2 Å². The molecular weight excluding hydrogens is 196 g/mol. The maximum absolute atomic E-state index is 11.7. The van der Waals surface area contributed by atoms with Crippen molar-refractivity contribution in [1.29, 1.82) is 0 Å². The average Bonchev–Trinajstić information content (AvgIpc) is 2.25. The summed E-state index contributed by atoms with van der Waals surface area (Å²) in [4.78, 5) is 13.6. The Balaban J connectivity index is 2.20. The number of hydrogen-bond acceptors (Lipinski definition) is 4. The van der Waals surface area contributed by atoms with Gasteiger partial charge in [0.05, 0.1) is 32.4 Å². The van der Waals surface area contributed by atoms with E-state index in [4.69, 9.17) is 9.47 Å². The highest BCUT2D eigenvalue weighted by Crippen LogP contribution is 2.05. The van der Waals surface area contributed by atoms with Gasteiger partial charge in [-0.05, 0) is 6.92 Å². The van der Waals surface area contributed by atoms with Crippen LogP contribution in [0.3, 0.4) is 0 Å². The summed E-state index contributed by atoms with van der Waals surface area (Å²) >= 11 is 0. The van der Waals surface area contributed by atoms with Gasteiger partial charge < -0.3 is 19.7 Å². The molecule has 1 unspecified atom stereocenters. The standard InChI is InChI=1S/C10H20N2O3/c1-9-8-15-6-4-12(9)10(13)7-11-3-5-14-2/h9,11H,3-8H2,1-2H3. The van der Waals surface area contributed by atoms with Gasteiger partial charge in [0.25, 0.3) is 0 Å². The van der Waals surface area contributed by atoms with E-state index >= 15 is 0 Å². The van der Waals surface area contributed by atoms with Gasteiger partial charge >= 0.3 is 0 Å². The molecule has 88 valence electrons. The largest absolute Gasteiger partial charge is 0.383 e. The van der Waals surface area contributed by atoms with E-state index in [-0.39, 0.29) is 11.9 Å². The summed E-state index contributed by atoms with van der Waals surface area (Å²) in [5.74, 6) is 0.141. The lowest BCUT2D eigenvalue weighted by atomic mass is 10.2. The molecule has 1 saturated heterocycles. The Morgan fingerprint density at radius 2 is 2.47 bits per heavy atom. The monoisotopic (exact) mass is 216 g/mol. The Hall–Kier alpha value is -0.650. The van der Waals surface area contributed by atoms with Crippen LogP contribution in [0.5, 0.6) is 0 Å². The normalized spacial score (nSPS) is 21.7. The molecule has 0 aromatic carbocycles. The fourth-order valence-electron chi connectivity index (χ4n) is 1.57. The highest BCUT2D eigenvalue weighted by atomic mass is 16.5. The summed E-state index contributed by atoms with van der Waals surface area (Å²) in [7, 11) is 1.65. The zero-order valence-corrected chi connectivity index (χ0v) is 9.49. The van der Waals surface area contributed by atoms with Gasteiger partial charge in [0.15, 0.2) is 0 Å². The summed E-state index contributed by atoms with van der Waals surface area (Å²) < 4.78 is 10.2. The van der Waals surface area contributed by atoms with Gasteiger partial charge in [-0.3, -0.25) is 4.79 Å². The van der Waals surface area contributed by atoms with Crippen LogP contribution < -0.4 is 5.32 Å². The molecule has 1 aliphatic heterocycles. The van der Waals surface area contributed by atoms with Gasteiger partial charge in [0, 0.05) is 20.2 Å². The Bertz CT molecular complexity index is 199. The van der Waals surface area contributed by atoms with E-state index in [0.717, 1.165) is 0 Å². The van der Waals surface area contributed by atoms with Crippen LogP contribution in [0.15, 0.2) is 0 Å². The molecule has 0 bridgehead atoms. The van der Waals surface area contributed by atoms with Gasteiger partial charge in [-0.25, -0.2) is 0 Å². The molecule has 0 aromatic rings. The van der Waals surface area contributed by atoms with Crippen molar-refractivity contribution in [3.05, 3.63) is 0 Å². The smallest absolute Gasteiger partial charge is 0.236 e. The van der Waals surface area contributed by atoms with Crippen molar-refractivity contribution in [2.24, 2.45) is 0 Å². The second kappa shape index (κ2) is 6.76. The van der Waals surface area contributed by atoms with Crippen molar-refractivity contribution < 1.29 is 14.3 Å². The average molecular weight is 216 g/mol. The first-order valence-electron chi connectivity index (χ1n) is 5.32. The second-order valence-electron chi connectivity index (χ2n) is 3.68. The number of carbonyl (C=O) groups excluding carboxylic acids is 1. The topological polar surface area (TPSA) is 50.8 Å². The number of rotatable bonds is 5. The Labute approximate surface area is 90.7 Å². The zero-order chi connectivity index (χ0) is 11.1. The van der Waals surface area contributed by atoms with E-state index in [1.807, 2.05) is 11.8 Å². The molecule has 1 fully saturated rings. The molecule has 1 heterocycles. The molecule has 5 heteroatoms. The summed E-state index contributed by atoms with van der Waals surface area (Å²) in [5, 5.41) is 3.05. The maximum atomic E-state index is 11.7. The molecule has 0 aromatic heterocycles. The molecule has 1 N–H and O–H groups in total. The molecule has 1 amide bonds. The number of morpholine rings is 1. The molecule has 0 aliphatic carbocycles. The van der Waals surface area contributed by atoms with Crippen molar-refractivity contribution in [2.45, 2.75) is 13.0 Å². The zero-order valence-electron chi connectivity index (χ0n) is 9.49. The molecule has 1 atom stereocenters. The minimum absolute atomic E-state index is 0.141. The highest BCUT2D eigenvalue weighted by Gasteiger charge is 2.22. The Morgan fingerprint density at radius 3 is 3.13 bits per heavy atom. The van der Waals surface area contributed by atoms with E-state index in [0.29, 0.717) is 39.5 Å². The van der Waals surface area contributed by atoms with Crippen LogP contribution in [0.1, 0.15) is 6.92 Å². The van der Waals surface area contributed by atoms with E-state index in [1.54, 1.807) is 7.11 Å². The first-order valence-corrected chi connectivity index (χ1v) is 5.32. The molecular formula is C10H20N2O3. The Morgan fingerprint density at radius 1 is 1.67 bits per heavy atom. The van der Waals surface area contributed by atoms with Crippen LogP contribution in [-0.2, 0) is 14.3 Å². The molecule has 15 heavy (non-hydrogen) atoms. The third kappa shape index (κ3) is 4.15. The fourth-order valence-corrected chi connectivity index (χ4v) is 1.57. The first kappa shape index (κ1) is 12.4. The van der Waals surface area contributed by atoms with E-state index in [2.05, 4.69) is 5.32 Å². The van der Waals surface area contributed by atoms with Crippen LogP contribution in [0.2, 0.25) is 0 Å². The number of ether oxygens (including phenoxy) is 2. The molecule has 1 aliphatic rings. The van der Waals surface area contributed by atoms with E-state index in [1.165, 1.54) is 0 Å². The molecule has 1 rings (SSSR count). The second-order valence-corrected chi connectivity index (χ2v) is 3.68.